The molecule has 0 bridgehead atoms. The van der Waals surface area contributed by atoms with Gasteiger partial charge in [-0.3, -0.25) is 0 Å². The third kappa shape index (κ3) is 17.2. The van der Waals surface area contributed by atoms with Crippen molar-refractivity contribution in [1.29, 1.82) is 0 Å². The summed E-state index contributed by atoms with van der Waals surface area (Å²) < 4.78 is 2.65. The van der Waals surface area contributed by atoms with Gasteiger partial charge in [0.05, 0.1) is 0 Å². The van der Waals surface area contributed by atoms with Gasteiger partial charge in [-0.25, -0.2) is 0 Å². The number of allylic oxidation sites excluding steroid dienone is 2. The van der Waals surface area contributed by atoms with Gasteiger partial charge in [0.25, 0.3) is 0 Å². The molecule has 0 heterocycles. The second-order valence-corrected chi connectivity index (χ2v) is 6.77. The van der Waals surface area contributed by atoms with Crippen LogP contribution in [0, 0.1) is 0 Å². The molecule has 17 heavy (non-hydrogen) atoms. The maximum absolute atomic E-state index is 2.47. The lowest BCUT2D eigenvalue weighted by atomic mass is 10.1. The van der Waals surface area contributed by atoms with E-state index in [0.29, 0.717) is 0 Å². The molecule has 0 atom stereocenters. The molecule has 0 unspecified atom stereocenters. The van der Waals surface area contributed by atoms with Crippen LogP contribution in [0.1, 0.15) is 70.6 Å². The van der Waals surface area contributed by atoms with E-state index in [0.717, 1.165) is 0 Å². The Balaban J connectivity index is 2.99. The molecule has 0 fully saturated rings. The Labute approximate surface area is 136 Å². The summed E-state index contributed by atoms with van der Waals surface area (Å²) >= 11 is 4.94. The SMILES string of the molecule is ICCCCCCC=CCCCCCCCI. The largest absolute Gasteiger partial charge is 0.0885 e. The van der Waals surface area contributed by atoms with Crippen molar-refractivity contribution < 1.29 is 0 Å². The highest BCUT2D eigenvalue weighted by Gasteiger charge is 1.89. The van der Waals surface area contributed by atoms with Crippen LogP contribution in [0.15, 0.2) is 12.2 Å². The number of hydrogen-bond donors (Lipinski definition) is 0. The molecule has 0 nitrogen and oxygen atoms in total. The highest BCUT2D eigenvalue weighted by Crippen LogP contribution is 2.08. The fourth-order valence-corrected chi connectivity index (χ4v) is 2.91. The van der Waals surface area contributed by atoms with E-state index in [2.05, 4.69) is 57.3 Å². The zero-order valence-corrected chi connectivity index (χ0v) is 15.4. The number of rotatable bonds is 13. The molecular weight excluding hydrogens is 434 g/mol. The van der Waals surface area contributed by atoms with Crippen LogP contribution in [0.25, 0.3) is 0 Å². The van der Waals surface area contributed by atoms with Crippen LogP contribution in [0.4, 0.5) is 0 Å². The van der Waals surface area contributed by atoms with E-state index in [1.807, 2.05) is 0 Å². The number of alkyl halides is 2. The predicted molar refractivity (Wildman–Crippen MR) is 97.7 cm³/mol. The standard InChI is InChI=1S/C15H28I2/c16-14-12-10-8-6-4-2-1-3-5-7-9-11-13-15-17/h1-2H,3-15H2. The van der Waals surface area contributed by atoms with E-state index in [1.54, 1.807) is 0 Å². The molecule has 0 aromatic heterocycles. The lowest BCUT2D eigenvalue weighted by Gasteiger charge is -1.98. The number of halogens is 2. The minimum atomic E-state index is 1.30. The Morgan fingerprint density at radius 2 is 0.824 bits per heavy atom. The van der Waals surface area contributed by atoms with Gasteiger partial charge in [0.1, 0.15) is 0 Å². The molecule has 0 saturated heterocycles. The third-order valence-corrected chi connectivity index (χ3v) is 4.45. The molecule has 0 saturated carbocycles. The van der Waals surface area contributed by atoms with Crippen molar-refractivity contribution in [3.8, 4) is 0 Å². The molecule has 0 radical (unpaired) electrons. The summed E-state index contributed by atoms with van der Waals surface area (Å²) in [5.41, 5.74) is 0. The molecule has 0 spiro atoms. The second-order valence-electron chi connectivity index (χ2n) is 4.61. The van der Waals surface area contributed by atoms with Crippen LogP contribution >= 0.6 is 45.2 Å². The lowest BCUT2D eigenvalue weighted by molar-refractivity contribution is 0.640. The van der Waals surface area contributed by atoms with Crippen LogP contribution in [0.5, 0.6) is 0 Å². The second kappa shape index (κ2) is 17.2. The maximum atomic E-state index is 2.47. The molecule has 0 aromatic carbocycles. The van der Waals surface area contributed by atoms with Gasteiger partial charge in [-0.15, -0.1) is 0 Å². The van der Waals surface area contributed by atoms with Crippen LogP contribution in [-0.4, -0.2) is 8.86 Å². The molecular formula is C15H28I2. The average Bonchev–Trinajstić information content (AvgIpc) is 2.35. The summed E-state index contributed by atoms with van der Waals surface area (Å²) in [6, 6.07) is 0. The van der Waals surface area contributed by atoms with Crippen molar-refractivity contribution in [2.45, 2.75) is 70.6 Å². The Kier molecular flexibility index (Phi) is 18.4. The van der Waals surface area contributed by atoms with Gasteiger partial charge in [0.15, 0.2) is 0 Å². The summed E-state index contributed by atoms with van der Waals surface area (Å²) in [7, 11) is 0. The van der Waals surface area contributed by atoms with Gasteiger partial charge in [0.2, 0.25) is 0 Å². The Morgan fingerprint density at radius 3 is 1.24 bits per heavy atom. The summed E-state index contributed by atoms with van der Waals surface area (Å²) in [6.45, 7) is 0. The van der Waals surface area contributed by atoms with Crippen molar-refractivity contribution in [3.05, 3.63) is 12.2 Å². The van der Waals surface area contributed by atoms with E-state index >= 15 is 0 Å². The molecule has 0 rings (SSSR count). The van der Waals surface area contributed by atoms with E-state index in [-0.39, 0.29) is 0 Å². The maximum Gasteiger partial charge on any atom is -0.000473 e. The summed E-state index contributed by atoms with van der Waals surface area (Å²) in [5, 5.41) is 0. The highest BCUT2D eigenvalue weighted by atomic mass is 127. The van der Waals surface area contributed by atoms with Crippen LogP contribution < -0.4 is 0 Å². The Morgan fingerprint density at radius 1 is 0.471 bits per heavy atom. The molecule has 0 N–H and O–H groups in total. The van der Waals surface area contributed by atoms with Crippen LogP contribution in [0.2, 0.25) is 0 Å². The van der Waals surface area contributed by atoms with Crippen molar-refractivity contribution >= 4 is 45.2 Å². The molecule has 0 aliphatic rings. The predicted octanol–water partition coefficient (Wildman–Crippen LogP) is 6.70. The summed E-state index contributed by atoms with van der Waals surface area (Å²) in [4.78, 5) is 0. The van der Waals surface area contributed by atoms with Crippen molar-refractivity contribution in [3.63, 3.8) is 0 Å². The van der Waals surface area contributed by atoms with Crippen LogP contribution in [-0.2, 0) is 0 Å². The molecule has 0 aliphatic carbocycles. The lowest BCUT2D eigenvalue weighted by Crippen LogP contribution is -1.79. The van der Waals surface area contributed by atoms with Crippen molar-refractivity contribution in [2.24, 2.45) is 0 Å². The topological polar surface area (TPSA) is 0 Å². The first-order chi connectivity index (χ1) is 8.41. The molecule has 2 heteroatoms. The van der Waals surface area contributed by atoms with E-state index in [9.17, 15) is 0 Å². The fraction of sp³-hybridized carbons (Fsp3) is 0.867. The minimum absolute atomic E-state index is 1.30. The van der Waals surface area contributed by atoms with Crippen molar-refractivity contribution in [2.75, 3.05) is 8.86 Å². The first-order valence-corrected chi connectivity index (χ1v) is 10.2. The first-order valence-electron chi connectivity index (χ1n) is 7.18. The van der Waals surface area contributed by atoms with Crippen molar-refractivity contribution in [1.82, 2.24) is 0 Å². The van der Waals surface area contributed by atoms with Gasteiger partial charge in [-0.2, -0.15) is 0 Å². The van der Waals surface area contributed by atoms with E-state index in [1.165, 1.54) is 79.5 Å². The third-order valence-electron chi connectivity index (χ3n) is 2.93. The first kappa shape index (κ1) is 18.2. The van der Waals surface area contributed by atoms with E-state index in [4.69, 9.17) is 0 Å². The molecule has 0 aromatic rings. The monoisotopic (exact) mass is 462 g/mol. The molecule has 0 aliphatic heterocycles. The zero-order chi connectivity index (χ0) is 12.6. The van der Waals surface area contributed by atoms with Gasteiger partial charge < -0.3 is 0 Å². The molecule has 0 amide bonds. The summed E-state index contributed by atoms with van der Waals surface area (Å²) in [5.74, 6) is 0. The summed E-state index contributed by atoms with van der Waals surface area (Å²) in [6.07, 6.45) is 20.1. The minimum Gasteiger partial charge on any atom is -0.0885 e. The van der Waals surface area contributed by atoms with Gasteiger partial charge in [0, 0.05) is 0 Å². The quantitative estimate of drug-likeness (QED) is 0.124. The van der Waals surface area contributed by atoms with Crippen LogP contribution in [0.3, 0.4) is 0 Å². The molecule has 102 valence electrons. The average molecular weight is 462 g/mol. The normalized spacial score (nSPS) is 11.4. The smallest absolute Gasteiger partial charge is 0.000473 e. The van der Waals surface area contributed by atoms with Gasteiger partial charge in [-0.05, 0) is 47.4 Å². The highest BCUT2D eigenvalue weighted by molar-refractivity contribution is 14.1. The zero-order valence-electron chi connectivity index (χ0n) is 11.1. The van der Waals surface area contributed by atoms with Gasteiger partial charge >= 0.3 is 0 Å². The fourth-order valence-electron chi connectivity index (χ4n) is 1.83. The van der Waals surface area contributed by atoms with Gasteiger partial charge in [-0.1, -0.05) is 89.4 Å². The Hall–Kier alpha value is 1.20. The van der Waals surface area contributed by atoms with E-state index < -0.39 is 0 Å². The number of unbranched alkanes of at least 4 members (excludes halogenated alkanes) is 9. The number of hydrogen-bond acceptors (Lipinski definition) is 0. The Bertz CT molecular complexity index is 155.